The molecule has 0 saturated carbocycles. The third-order valence-corrected chi connectivity index (χ3v) is 5.82. The van der Waals surface area contributed by atoms with Crippen molar-refractivity contribution in [3.8, 4) is 0 Å². The zero-order valence-corrected chi connectivity index (χ0v) is 15.9. The Morgan fingerprint density at radius 3 is 1.86 bits per heavy atom. The maximum Gasteiger partial charge on any atom is 0.266 e. The van der Waals surface area contributed by atoms with Crippen LogP contribution in [0, 0.1) is 5.41 Å². The summed E-state index contributed by atoms with van der Waals surface area (Å²) >= 11 is 0. The number of para-hydroxylation sites is 2. The van der Waals surface area contributed by atoms with Crippen LogP contribution >= 0.6 is 0 Å². The van der Waals surface area contributed by atoms with Crippen LogP contribution in [0.1, 0.15) is 18.5 Å². The molecule has 144 valence electrons. The van der Waals surface area contributed by atoms with Crippen LogP contribution in [0.25, 0.3) is 0 Å². The molecule has 0 N–H and O–H groups in total. The van der Waals surface area contributed by atoms with Crippen molar-refractivity contribution >= 4 is 23.2 Å². The normalized spacial score (nSPS) is 26.1. The zero-order chi connectivity index (χ0) is 20.0. The van der Waals surface area contributed by atoms with Gasteiger partial charge in [-0.1, -0.05) is 66.7 Å². The number of hydroxylamine groups is 1. The minimum Gasteiger partial charge on any atom is -0.273 e. The topological polar surface area (TPSA) is 49.9 Å². The van der Waals surface area contributed by atoms with Crippen LogP contribution in [-0.2, 0) is 14.4 Å². The molecule has 0 bridgehead atoms. The molecular weight excluding hydrogens is 364 g/mol. The van der Waals surface area contributed by atoms with Gasteiger partial charge in [0, 0.05) is 0 Å². The summed E-state index contributed by atoms with van der Waals surface area (Å²) in [6.07, 6.45) is -0.888. The Morgan fingerprint density at radius 2 is 1.28 bits per heavy atom. The van der Waals surface area contributed by atoms with E-state index in [2.05, 4.69) is 0 Å². The maximum atomic E-state index is 13.7. The molecule has 3 aromatic carbocycles. The summed E-state index contributed by atoms with van der Waals surface area (Å²) in [6, 6.07) is 28.0. The molecule has 5 heteroatoms. The highest BCUT2D eigenvalue weighted by molar-refractivity contribution is 6.25. The lowest BCUT2D eigenvalue weighted by Crippen LogP contribution is -2.41. The van der Waals surface area contributed by atoms with Gasteiger partial charge >= 0.3 is 0 Å². The number of benzene rings is 3. The molecule has 0 unspecified atom stereocenters. The average Bonchev–Trinajstić information content (AvgIpc) is 3.18. The maximum absolute atomic E-state index is 13.7. The molecule has 2 heterocycles. The molecular formula is C24H20N2O3. The van der Waals surface area contributed by atoms with Crippen LogP contribution in [0.3, 0.4) is 0 Å². The Morgan fingerprint density at radius 1 is 0.759 bits per heavy atom. The summed E-state index contributed by atoms with van der Waals surface area (Å²) in [7, 11) is 0. The lowest BCUT2D eigenvalue weighted by Gasteiger charge is -2.32. The molecule has 5 nitrogen and oxygen atoms in total. The van der Waals surface area contributed by atoms with Crippen molar-refractivity contribution in [2.75, 3.05) is 9.96 Å². The molecule has 2 amide bonds. The van der Waals surface area contributed by atoms with E-state index in [1.54, 1.807) is 17.2 Å². The first kappa shape index (κ1) is 17.6. The summed E-state index contributed by atoms with van der Waals surface area (Å²) in [5, 5.41) is 1.72. The Bertz CT molecular complexity index is 1060. The molecule has 2 fully saturated rings. The van der Waals surface area contributed by atoms with Gasteiger partial charge in [-0.15, -0.1) is 0 Å². The van der Waals surface area contributed by atoms with Gasteiger partial charge in [0.25, 0.3) is 5.91 Å². The summed E-state index contributed by atoms with van der Waals surface area (Å²) in [5.74, 6) is -0.575. The molecule has 29 heavy (non-hydrogen) atoms. The lowest BCUT2D eigenvalue weighted by molar-refractivity contribution is -0.128. The van der Waals surface area contributed by atoms with Crippen LogP contribution in [0.4, 0.5) is 11.4 Å². The largest absolute Gasteiger partial charge is 0.273 e. The number of hydrogen-bond donors (Lipinski definition) is 0. The van der Waals surface area contributed by atoms with E-state index in [0.717, 1.165) is 11.3 Å². The fourth-order valence-corrected chi connectivity index (χ4v) is 4.38. The second-order valence-corrected chi connectivity index (χ2v) is 7.56. The van der Waals surface area contributed by atoms with Crippen LogP contribution in [0.15, 0.2) is 91.0 Å². The monoisotopic (exact) mass is 384 g/mol. The molecule has 2 aliphatic heterocycles. The van der Waals surface area contributed by atoms with Gasteiger partial charge in [0.15, 0.2) is 6.10 Å². The number of carbonyl (C=O) groups excluding carboxylic acids is 2. The number of hydrogen-bond acceptors (Lipinski definition) is 4. The highest BCUT2D eigenvalue weighted by atomic mass is 16.7. The Labute approximate surface area is 169 Å². The fraction of sp³-hybridized carbons (Fsp3) is 0.167. The Balaban J connectivity index is 1.65. The highest BCUT2D eigenvalue weighted by Gasteiger charge is 2.68. The third-order valence-electron chi connectivity index (χ3n) is 5.82. The van der Waals surface area contributed by atoms with E-state index in [9.17, 15) is 9.59 Å². The van der Waals surface area contributed by atoms with Gasteiger partial charge in [0.1, 0.15) is 5.41 Å². The van der Waals surface area contributed by atoms with E-state index < -0.39 is 17.6 Å². The summed E-state index contributed by atoms with van der Waals surface area (Å²) in [6.45, 7) is 1.83. The van der Waals surface area contributed by atoms with E-state index in [0.29, 0.717) is 5.69 Å². The van der Waals surface area contributed by atoms with Gasteiger partial charge in [-0.3, -0.25) is 14.4 Å². The first-order valence-corrected chi connectivity index (χ1v) is 9.62. The number of anilines is 2. The first-order valence-electron chi connectivity index (χ1n) is 9.62. The van der Waals surface area contributed by atoms with Gasteiger partial charge in [-0.2, -0.15) is 0 Å². The number of nitrogens with zero attached hydrogens (tertiary/aromatic N) is 2. The van der Waals surface area contributed by atoms with Crippen molar-refractivity contribution in [3.63, 3.8) is 0 Å². The van der Waals surface area contributed by atoms with Crippen molar-refractivity contribution in [2.45, 2.75) is 19.1 Å². The zero-order valence-electron chi connectivity index (χ0n) is 15.9. The van der Waals surface area contributed by atoms with Crippen LogP contribution in [0.2, 0.25) is 0 Å². The predicted octanol–water partition coefficient (Wildman–Crippen LogP) is 4.13. The van der Waals surface area contributed by atoms with Crippen LogP contribution in [0.5, 0.6) is 0 Å². The molecule has 5 rings (SSSR count). The molecule has 0 spiro atoms. The number of fused-ring (bicyclic) bond motifs is 1. The molecule has 3 atom stereocenters. The van der Waals surface area contributed by atoms with E-state index >= 15 is 0 Å². The second kappa shape index (κ2) is 6.57. The lowest BCUT2D eigenvalue weighted by atomic mass is 9.76. The SMILES string of the molecule is C[C@]12C(=O)N(c3ccccc3)C(=O)[C@H]1ON(c1ccccc1)[C@@H]2c1ccccc1. The molecule has 2 aliphatic rings. The van der Waals surface area contributed by atoms with Crippen molar-refractivity contribution in [2.24, 2.45) is 5.41 Å². The molecule has 3 aromatic rings. The Hall–Kier alpha value is -3.44. The molecule has 0 aromatic heterocycles. The van der Waals surface area contributed by atoms with Gasteiger partial charge in [-0.05, 0) is 36.8 Å². The van der Waals surface area contributed by atoms with Gasteiger partial charge in [-0.25, -0.2) is 9.96 Å². The number of amides is 2. The van der Waals surface area contributed by atoms with Crippen LogP contribution < -0.4 is 9.96 Å². The first-order chi connectivity index (χ1) is 14.1. The van der Waals surface area contributed by atoms with Gasteiger partial charge in [0.05, 0.1) is 17.4 Å². The third kappa shape index (κ3) is 2.51. The Kier molecular flexibility index (Phi) is 4.00. The van der Waals surface area contributed by atoms with E-state index in [4.69, 9.17) is 4.84 Å². The van der Waals surface area contributed by atoms with Crippen molar-refractivity contribution in [1.29, 1.82) is 0 Å². The van der Waals surface area contributed by atoms with Gasteiger partial charge < -0.3 is 0 Å². The quantitative estimate of drug-likeness (QED) is 0.637. The predicted molar refractivity (Wildman–Crippen MR) is 110 cm³/mol. The minimum absolute atomic E-state index is 0.244. The summed E-state index contributed by atoms with van der Waals surface area (Å²) < 4.78 is 0. The van der Waals surface area contributed by atoms with Crippen LogP contribution in [-0.4, -0.2) is 17.9 Å². The fourth-order valence-electron chi connectivity index (χ4n) is 4.38. The average molecular weight is 384 g/mol. The summed E-state index contributed by atoms with van der Waals surface area (Å²) in [5.41, 5.74) is 1.26. The highest BCUT2D eigenvalue weighted by Crippen LogP contribution is 2.55. The van der Waals surface area contributed by atoms with Crippen molar-refractivity contribution in [3.05, 3.63) is 96.6 Å². The van der Waals surface area contributed by atoms with Crippen molar-refractivity contribution in [1.82, 2.24) is 0 Å². The smallest absolute Gasteiger partial charge is 0.266 e. The van der Waals surface area contributed by atoms with E-state index in [-0.39, 0.29) is 11.8 Å². The molecule has 2 saturated heterocycles. The number of rotatable bonds is 3. The van der Waals surface area contributed by atoms with E-state index in [1.807, 2.05) is 85.8 Å². The number of imide groups is 1. The molecule has 0 aliphatic carbocycles. The van der Waals surface area contributed by atoms with E-state index in [1.165, 1.54) is 4.90 Å². The van der Waals surface area contributed by atoms with Crippen molar-refractivity contribution < 1.29 is 14.4 Å². The standard InChI is InChI=1S/C24H20N2O3/c1-24-20(17-11-5-2-6-12-17)26(19-15-9-4-10-16-19)29-21(24)22(27)25(23(24)28)18-13-7-3-8-14-18/h2-16,20-21H,1H3/t20-,21-,24-/m1/s1. The minimum atomic E-state index is -1.05. The number of carbonyl (C=O) groups is 2. The molecule has 0 radical (unpaired) electrons. The summed E-state index contributed by atoms with van der Waals surface area (Å²) in [4.78, 5) is 34.5. The van der Waals surface area contributed by atoms with Gasteiger partial charge in [0.2, 0.25) is 5.91 Å². The second-order valence-electron chi connectivity index (χ2n) is 7.56.